The summed E-state index contributed by atoms with van der Waals surface area (Å²) < 4.78 is 6.76. The second-order valence-electron chi connectivity index (χ2n) is 6.26. The highest BCUT2D eigenvalue weighted by atomic mass is 35.5. The molecule has 0 aliphatic heterocycles. The second kappa shape index (κ2) is 8.20. The van der Waals surface area contributed by atoms with Crippen molar-refractivity contribution in [3.63, 3.8) is 0 Å². The van der Waals surface area contributed by atoms with Gasteiger partial charge >= 0.3 is 0 Å². The van der Waals surface area contributed by atoms with E-state index >= 15 is 0 Å². The number of nitrogens with zero attached hydrogens (tertiary/aromatic N) is 4. The minimum absolute atomic E-state index is 0.000866. The number of aryl methyl sites for hydroxylation is 1. The first-order valence-corrected chi connectivity index (χ1v) is 10.1. The number of anilines is 1. The first-order chi connectivity index (χ1) is 14.5. The van der Waals surface area contributed by atoms with Crippen LogP contribution in [0, 0.1) is 6.92 Å². The van der Waals surface area contributed by atoms with Gasteiger partial charge in [0.1, 0.15) is 11.1 Å². The Hall–Kier alpha value is -3.31. The molecular formula is C18H16ClN7O3S. The van der Waals surface area contributed by atoms with Crippen molar-refractivity contribution in [2.75, 3.05) is 18.2 Å². The van der Waals surface area contributed by atoms with Crippen LogP contribution in [0.15, 0.2) is 40.4 Å². The topological polar surface area (TPSA) is 131 Å². The molecule has 154 valence electrons. The summed E-state index contributed by atoms with van der Waals surface area (Å²) in [4.78, 5) is 30.0. The molecule has 3 N–H and O–H groups in total. The van der Waals surface area contributed by atoms with Gasteiger partial charge in [-0.05, 0) is 25.1 Å². The molecule has 0 radical (unpaired) electrons. The average molecular weight is 446 g/mol. The number of aromatic nitrogens is 6. The summed E-state index contributed by atoms with van der Waals surface area (Å²) >= 11 is 7.24. The van der Waals surface area contributed by atoms with Gasteiger partial charge in [0.25, 0.3) is 5.56 Å². The van der Waals surface area contributed by atoms with Crippen LogP contribution in [-0.2, 0) is 4.79 Å². The summed E-state index contributed by atoms with van der Waals surface area (Å²) in [7, 11) is 1.49. The van der Waals surface area contributed by atoms with Crippen LogP contribution in [0.3, 0.4) is 0 Å². The van der Waals surface area contributed by atoms with E-state index in [-0.39, 0.29) is 22.4 Å². The van der Waals surface area contributed by atoms with Crippen LogP contribution in [0.4, 0.5) is 5.82 Å². The molecule has 0 unspecified atom stereocenters. The van der Waals surface area contributed by atoms with Gasteiger partial charge in [-0.25, -0.2) is 4.98 Å². The summed E-state index contributed by atoms with van der Waals surface area (Å²) in [5.41, 5.74) is 1.20. The molecule has 0 saturated heterocycles. The largest absolute Gasteiger partial charge is 0.495 e. The lowest BCUT2D eigenvalue weighted by Crippen LogP contribution is -2.23. The van der Waals surface area contributed by atoms with Crippen molar-refractivity contribution in [1.82, 2.24) is 29.9 Å². The highest BCUT2D eigenvalue weighted by Crippen LogP contribution is 2.29. The van der Waals surface area contributed by atoms with Gasteiger partial charge < -0.3 is 10.1 Å². The SMILES string of the molecule is COc1ccc(Cl)cc1-n1c(SCC(=O)Nc2cc(C)[nH]n2)nc2[nH]ncc2c1=O. The number of ether oxygens (including phenoxy) is 1. The molecule has 0 aliphatic rings. The molecule has 3 heterocycles. The Morgan fingerprint density at radius 3 is 2.90 bits per heavy atom. The van der Waals surface area contributed by atoms with Crippen molar-refractivity contribution in [2.45, 2.75) is 12.1 Å². The number of benzene rings is 1. The molecule has 1 amide bonds. The van der Waals surface area contributed by atoms with E-state index in [1.165, 1.54) is 17.9 Å². The first kappa shape index (κ1) is 20.0. The number of hydrogen-bond donors (Lipinski definition) is 3. The Balaban J connectivity index is 1.72. The van der Waals surface area contributed by atoms with Crippen LogP contribution in [0.1, 0.15) is 5.69 Å². The van der Waals surface area contributed by atoms with Gasteiger partial charge in [-0.2, -0.15) is 10.2 Å². The molecule has 10 nitrogen and oxygen atoms in total. The van der Waals surface area contributed by atoms with Crippen LogP contribution >= 0.6 is 23.4 Å². The van der Waals surface area contributed by atoms with E-state index in [9.17, 15) is 9.59 Å². The van der Waals surface area contributed by atoms with E-state index in [4.69, 9.17) is 16.3 Å². The summed E-state index contributed by atoms with van der Waals surface area (Å²) in [6, 6.07) is 6.63. The molecule has 3 aromatic heterocycles. The molecule has 30 heavy (non-hydrogen) atoms. The fraction of sp³-hybridized carbons (Fsp3) is 0.167. The van der Waals surface area contributed by atoms with Gasteiger partial charge in [0, 0.05) is 16.8 Å². The number of hydrogen-bond acceptors (Lipinski definition) is 7. The van der Waals surface area contributed by atoms with Gasteiger partial charge in [-0.1, -0.05) is 23.4 Å². The highest BCUT2D eigenvalue weighted by Gasteiger charge is 2.19. The third kappa shape index (κ3) is 3.89. The summed E-state index contributed by atoms with van der Waals surface area (Å²) in [5, 5.41) is 17.0. The van der Waals surface area contributed by atoms with Crippen molar-refractivity contribution >= 4 is 46.1 Å². The van der Waals surface area contributed by atoms with Gasteiger partial charge in [-0.15, -0.1) is 0 Å². The van der Waals surface area contributed by atoms with E-state index in [1.54, 1.807) is 24.3 Å². The number of amides is 1. The normalized spacial score (nSPS) is 11.0. The Bertz CT molecular complexity index is 1300. The number of rotatable bonds is 6. The van der Waals surface area contributed by atoms with Gasteiger partial charge in [0.2, 0.25) is 5.91 Å². The Kier molecular flexibility index (Phi) is 5.46. The number of fused-ring (bicyclic) bond motifs is 1. The van der Waals surface area contributed by atoms with Crippen molar-refractivity contribution in [3.8, 4) is 11.4 Å². The monoisotopic (exact) mass is 445 g/mol. The molecule has 0 fully saturated rings. The molecule has 0 aliphatic carbocycles. The summed E-state index contributed by atoms with van der Waals surface area (Å²) in [6.07, 6.45) is 1.40. The van der Waals surface area contributed by atoms with Gasteiger partial charge in [0.05, 0.1) is 24.7 Å². The van der Waals surface area contributed by atoms with Crippen molar-refractivity contribution < 1.29 is 9.53 Å². The summed E-state index contributed by atoms with van der Waals surface area (Å²) in [5.74, 6) is 0.560. The fourth-order valence-electron chi connectivity index (χ4n) is 2.81. The molecule has 4 aromatic rings. The van der Waals surface area contributed by atoms with Crippen molar-refractivity contribution in [3.05, 3.63) is 51.5 Å². The molecule has 0 atom stereocenters. The van der Waals surface area contributed by atoms with Crippen molar-refractivity contribution in [2.24, 2.45) is 0 Å². The van der Waals surface area contributed by atoms with Crippen LogP contribution in [0.5, 0.6) is 5.75 Å². The Morgan fingerprint density at radius 2 is 2.17 bits per heavy atom. The van der Waals surface area contributed by atoms with Crippen LogP contribution < -0.4 is 15.6 Å². The number of aromatic amines is 2. The third-order valence-corrected chi connectivity index (χ3v) is 5.31. The molecule has 12 heteroatoms. The molecular weight excluding hydrogens is 430 g/mol. The number of methoxy groups -OCH3 is 1. The Labute approximate surface area is 179 Å². The predicted octanol–water partition coefficient (Wildman–Crippen LogP) is 2.53. The molecule has 0 bridgehead atoms. The van der Waals surface area contributed by atoms with E-state index < -0.39 is 0 Å². The lowest BCUT2D eigenvalue weighted by atomic mass is 10.3. The maximum Gasteiger partial charge on any atom is 0.270 e. The first-order valence-electron chi connectivity index (χ1n) is 8.71. The van der Waals surface area contributed by atoms with Gasteiger partial charge in [0.15, 0.2) is 16.6 Å². The smallest absolute Gasteiger partial charge is 0.270 e. The van der Waals surface area contributed by atoms with Crippen molar-refractivity contribution in [1.29, 1.82) is 0 Å². The zero-order chi connectivity index (χ0) is 21.3. The highest BCUT2D eigenvalue weighted by molar-refractivity contribution is 7.99. The van der Waals surface area contributed by atoms with E-state index in [0.29, 0.717) is 33.3 Å². The Morgan fingerprint density at radius 1 is 1.33 bits per heavy atom. The minimum Gasteiger partial charge on any atom is -0.495 e. The van der Waals surface area contributed by atoms with Crippen LogP contribution in [0.25, 0.3) is 16.7 Å². The number of thioether (sulfide) groups is 1. The third-order valence-electron chi connectivity index (χ3n) is 4.14. The zero-order valence-electron chi connectivity index (χ0n) is 15.9. The predicted molar refractivity (Wildman–Crippen MR) is 114 cm³/mol. The average Bonchev–Trinajstić information content (AvgIpc) is 3.35. The molecule has 4 rings (SSSR count). The van der Waals surface area contributed by atoms with Gasteiger partial charge in [-0.3, -0.25) is 24.4 Å². The fourth-order valence-corrected chi connectivity index (χ4v) is 3.78. The molecule has 0 saturated carbocycles. The number of halogens is 1. The number of H-pyrrole nitrogens is 2. The summed E-state index contributed by atoms with van der Waals surface area (Å²) in [6.45, 7) is 1.83. The van der Waals surface area contributed by atoms with E-state index in [2.05, 4.69) is 30.7 Å². The quantitative estimate of drug-likeness (QED) is 0.307. The number of carbonyl (C=O) groups is 1. The molecule has 0 spiro atoms. The second-order valence-corrected chi connectivity index (χ2v) is 7.64. The minimum atomic E-state index is -0.361. The van der Waals surface area contributed by atoms with E-state index in [0.717, 1.165) is 17.5 Å². The van der Waals surface area contributed by atoms with Crippen LogP contribution in [0.2, 0.25) is 5.02 Å². The van der Waals surface area contributed by atoms with Crippen LogP contribution in [-0.4, -0.2) is 48.7 Å². The maximum absolute atomic E-state index is 13.2. The lowest BCUT2D eigenvalue weighted by Gasteiger charge is -2.15. The maximum atomic E-state index is 13.2. The standard InChI is InChI=1S/C18H16ClN7O3S/c1-9-5-14(24-23-9)21-15(27)8-30-18-22-16-11(7-20-25-16)17(28)26(18)12-6-10(19)3-4-13(12)29-2/h3-7H,8H2,1-2H3,(H,20,25)(H2,21,23,24,27). The lowest BCUT2D eigenvalue weighted by molar-refractivity contribution is -0.113. The number of nitrogens with one attached hydrogen (secondary N) is 3. The zero-order valence-corrected chi connectivity index (χ0v) is 17.5. The molecule has 1 aromatic carbocycles. The van der Waals surface area contributed by atoms with E-state index in [1.807, 2.05) is 6.92 Å². The number of carbonyl (C=O) groups excluding carboxylic acids is 1.